The van der Waals surface area contributed by atoms with Gasteiger partial charge in [0.25, 0.3) is 0 Å². The van der Waals surface area contributed by atoms with Gasteiger partial charge in [-0.25, -0.2) is 4.79 Å². The van der Waals surface area contributed by atoms with Crippen LogP contribution in [0.5, 0.6) is 0 Å². The van der Waals surface area contributed by atoms with Gasteiger partial charge in [-0.2, -0.15) is 0 Å². The normalized spacial score (nSPS) is 32.6. The number of hydrogen-bond donors (Lipinski definition) is 16. The highest BCUT2D eigenvalue weighted by molar-refractivity contribution is 5.86. The van der Waals surface area contributed by atoms with E-state index in [2.05, 4.69) is 13.8 Å². The Hall–Kier alpha value is -5.57. The van der Waals surface area contributed by atoms with Crippen molar-refractivity contribution < 1.29 is 125 Å². The standard InChI is InChI=1S/C8H14O4.C8H14O3.2C8H12O3.C8H14O2.C7H12O3.C7H12O2.C5H10O3.C5H10O2/c1-4-2-5(8(11)12)3-6(9)7(4)10;3*1-5-4-6(8(10)11)2-3-7(5)9;1-6-3-2-4-7(5-6)8(9)10;1-4-2-5(7(9)10)3-6(4)8;1-5-2-3-6(4-5)7(8)9;1-2-4(6)3-5(7)8;1-2-3-4-5(6)7/h4-7,9-10H,2-3H2,1H3,(H,11,12);5-7,9H,2-4H2,1H3,(H,10,11);2,5,7,9H,3-4H2,1H3,(H,10,11);2-3,5-7,9H,4H2,1H3,(H,10,11);6-7H,2-5H2,1H3,(H,9,10);4-6,8H,2-3H2,1H3,(H,9,10);5-6H,2-4H2,1H3,(H,8,9);4,6H,2-3H2,1H3,(H,7,8);2-4H2,1H3,(H,6,7). The first kappa shape index (κ1) is 85.5. The molecule has 0 spiro atoms. The molecule has 20 unspecified atom stereocenters. The van der Waals surface area contributed by atoms with E-state index < -0.39 is 96.1 Å². The van der Waals surface area contributed by atoms with Crippen molar-refractivity contribution in [3.63, 3.8) is 0 Å². The first-order valence-electron chi connectivity index (χ1n) is 31.5. The second-order valence-electron chi connectivity index (χ2n) is 25.5. The molecule has 0 aliphatic heterocycles. The highest BCUT2D eigenvalue weighted by Gasteiger charge is 2.37. The van der Waals surface area contributed by atoms with E-state index in [1.807, 2.05) is 34.6 Å². The Morgan fingerprint density at radius 1 is 0.449 bits per heavy atom. The number of carbonyl (C=O) groups is 9. The van der Waals surface area contributed by atoms with Crippen LogP contribution in [-0.2, 0) is 43.2 Å². The van der Waals surface area contributed by atoms with Gasteiger partial charge in [0.05, 0.1) is 84.7 Å². The second-order valence-corrected chi connectivity index (χ2v) is 25.5. The van der Waals surface area contributed by atoms with Gasteiger partial charge in [-0.15, -0.1) is 0 Å². The van der Waals surface area contributed by atoms with E-state index in [1.165, 1.54) is 6.42 Å². The van der Waals surface area contributed by atoms with E-state index in [-0.39, 0.29) is 78.3 Å². The third kappa shape index (κ3) is 38.0. The molecule has 0 aromatic rings. The molecule has 25 heteroatoms. The summed E-state index contributed by atoms with van der Waals surface area (Å²) in [5, 5.41) is 140. The zero-order chi connectivity index (χ0) is 69.0. The lowest BCUT2D eigenvalue weighted by atomic mass is 9.79. The summed E-state index contributed by atoms with van der Waals surface area (Å²) < 4.78 is 0. The molecular formula is C64H110O25. The van der Waals surface area contributed by atoms with Crippen LogP contribution in [0.25, 0.3) is 0 Å². The number of aliphatic hydroxyl groups excluding tert-OH is 7. The molecule has 25 nitrogen and oxygen atoms in total. The lowest BCUT2D eigenvalue weighted by Gasteiger charge is -2.32. The molecule has 20 atom stereocenters. The molecule has 7 aliphatic rings. The maximum atomic E-state index is 10.6. The monoisotopic (exact) mass is 1280 g/mol. The molecule has 5 fully saturated rings. The van der Waals surface area contributed by atoms with Crippen LogP contribution in [0.15, 0.2) is 23.8 Å². The highest BCUT2D eigenvalue weighted by Crippen LogP contribution is 2.33. The predicted molar refractivity (Wildman–Crippen MR) is 326 cm³/mol. The summed E-state index contributed by atoms with van der Waals surface area (Å²) in [6, 6.07) is 0. The van der Waals surface area contributed by atoms with Crippen LogP contribution in [0, 0.1) is 76.9 Å². The van der Waals surface area contributed by atoms with Crippen LogP contribution in [0.2, 0.25) is 0 Å². The van der Waals surface area contributed by atoms with Gasteiger partial charge in [-0.1, -0.05) is 99.8 Å². The summed E-state index contributed by atoms with van der Waals surface area (Å²) >= 11 is 0. The van der Waals surface area contributed by atoms with Gasteiger partial charge in [0.1, 0.15) is 0 Å². The fourth-order valence-corrected chi connectivity index (χ4v) is 11.0. The van der Waals surface area contributed by atoms with E-state index in [1.54, 1.807) is 32.1 Å². The Labute approximate surface area is 524 Å². The molecule has 0 bridgehead atoms. The van der Waals surface area contributed by atoms with Gasteiger partial charge >= 0.3 is 53.7 Å². The zero-order valence-electron chi connectivity index (χ0n) is 53.7. The third-order valence-corrected chi connectivity index (χ3v) is 17.3. The molecule has 516 valence electrons. The number of carboxylic acid groups (broad SMARTS) is 9. The Balaban J connectivity index is 0. The number of aliphatic hydroxyl groups is 7. The summed E-state index contributed by atoms with van der Waals surface area (Å²) in [6.07, 6.45) is 15.3. The Bertz CT molecular complexity index is 2140. The Kier molecular flexibility index (Phi) is 43.8. The van der Waals surface area contributed by atoms with Gasteiger partial charge in [-0.3, -0.25) is 38.4 Å². The van der Waals surface area contributed by atoms with Crippen LogP contribution in [0.1, 0.15) is 204 Å². The first-order valence-corrected chi connectivity index (χ1v) is 31.5. The minimum Gasteiger partial charge on any atom is -0.481 e. The summed E-state index contributed by atoms with van der Waals surface area (Å²) in [5.74, 6) is -6.89. The van der Waals surface area contributed by atoms with Crippen LogP contribution in [0.4, 0.5) is 0 Å². The number of unbranched alkanes of at least 4 members (excludes halogenated alkanes) is 1. The topological polar surface area (TPSA) is 477 Å². The molecule has 7 rings (SSSR count). The average Bonchev–Trinajstić information content (AvgIpc) is 3.11. The fourth-order valence-electron chi connectivity index (χ4n) is 11.0. The van der Waals surface area contributed by atoms with Crippen molar-refractivity contribution in [3.05, 3.63) is 23.8 Å². The van der Waals surface area contributed by atoms with E-state index in [4.69, 9.17) is 56.2 Å². The summed E-state index contributed by atoms with van der Waals surface area (Å²) in [4.78, 5) is 92.8. The molecule has 0 amide bonds. The van der Waals surface area contributed by atoms with Gasteiger partial charge < -0.3 is 81.7 Å². The molecule has 0 aromatic heterocycles. The van der Waals surface area contributed by atoms with Crippen molar-refractivity contribution in [1.82, 2.24) is 0 Å². The van der Waals surface area contributed by atoms with Crippen molar-refractivity contribution in [2.75, 3.05) is 0 Å². The van der Waals surface area contributed by atoms with Crippen molar-refractivity contribution in [3.8, 4) is 0 Å². The number of aliphatic carboxylic acids is 9. The van der Waals surface area contributed by atoms with Gasteiger partial charge in [-0.05, 0) is 151 Å². The maximum absolute atomic E-state index is 10.6. The maximum Gasteiger partial charge on any atom is 0.331 e. The smallest absolute Gasteiger partial charge is 0.331 e. The number of hydrogen-bond acceptors (Lipinski definition) is 16. The Morgan fingerprint density at radius 2 is 0.910 bits per heavy atom. The lowest BCUT2D eigenvalue weighted by molar-refractivity contribution is -0.149. The molecule has 0 radical (unpaired) electrons. The minimum absolute atomic E-state index is 0.0417. The molecule has 0 saturated heterocycles. The average molecular weight is 1280 g/mol. The predicted octanol–water partition coefficient (Wildman–Crippen LogP) is 7.52. The molecule has 5 saturated carbocycles. The summed E-state index contributed by atoms with van der Waals surface area (Å²) in [7, 11) is 0. The first-order chi connectivity index (χ1) is 41.3. The van der Waals surface area contributed by atoms with E-state index >= 15 is 0 Å². The number of carboxylic acids is 9. The van der Waals surface area contributed by atoms with Crippen LogP contribution >= 0.6 is 0 Å². The number of rotatable bonds is 13. The van der Waals surface area contributed by atoms with Crippen LogP contribution in [-0.4, -0.2) is 178 Å². The van der Waals surface area contributed by atoms with Gasteiger partial charge in [0.2, 0.25) is 0 Å². The van der Waals surface area contributed by atoms with E-state index in [0.29, 0.717) is 88.0 Å². The van der Waals surface area contributed by atoms with Crippen molar-refractivity contribution in [1.29, 1.82) is 0 Å². The SMILES string of the molecule is CC1CC(C(=O)O)=CCC1O.CC1CC(C(=O)O)C=CC1O.CC1CC(C(=O)O)CC(O)C1O.CC1CC(C(=O)O)CC1O.CC1CC(C(=O)O)CCC1O.CC1CCC(C(=O)O)C1.CC1CCCC(C(=O)O)C1.CCC(O)CC(=O)O.CCCCC(=O)O. The second kappa shape index (κ2) is 45.6. The minimum atomic E-state index is -0.945. The zero-order valence-corrected chi connectivity index (χ0v) is 53.7. The van der Waals surface area contributed by atoms with E-state index in [0.717, 1.165) is 51.4 Å². The van der Waals surface area contributed by atoms with E-state index in [9.17, 15) is 68.7 Å². The third-order valence-electron chi connectivity index (χ3n) is 17.3. The van der Waals surface area contributed by atoms with Crippen molar-refractivity contribution >= 4 is 53.7 Å². The highest BCUT2D eigenvalue weighted by atomic mass is 16.4. The quantitative estimate of drug-likeness (QED) is 0.0793. The molecule has 16 N–H and O–H groups in total. The van der Waals surface area contributed by atoms with Crippen molar-refractivity contribution in [2.45, 2.75) is 246 Å². The molecule has 7 aliphatic carbocycles. The molecule has 89 heavy (non-hydrogen) atoms. The summed E-state index contributed by atoms with van der Waals surface area (Å²) in [5.41, 5.74) is 0.433. The largest absolute Gasteiger partial charge is 0.481 e. The van der Waals surface area contributed by atoms with Crippen LogP contribution in [0.3, 0.4) is 0 Å². The Morgan fingerprint density at radius 3 is 1.25 bits per heavy atom. The van der Waals surface area contributed by atoms with Gasteiger partial charge in [0.15, 0.2) is 0 Å². The molecular weight excluding hydrogens is 1170 g/mol. The molecule has 0 aromatic carbocycles. The molecule has 0 heterocycles. The fraction of sp³-hybridized carbons (Fsp3) is 0.797. The van der Waals surface area contributed by atoms with Crippen LogP contribution < -0.4 is 0 Å². The van der Waals surface area contributed by atoms with Crippen molar-refractivity contribution in [2.24, 2.45) is 76.9 Å². The summed E-state index contributed by atoms with van der Waals surface area (Å²) in [6.45, 7) is 17.2. The van der Waals surface area contributed by atoms with Gasteiger partial charge in [0, 0.05) is 12.0 Å². The lowest BCUT2D eigenvalue weighted by Crippen LogP contribution is -2.41.